The Morgan fingerprint density at radius 3 is 1.06 bits per heavy atom. The van der Waals surface area contributed by atoms with Crippen molar-refractivity contribution in [1.82, 2.24) is 0 Å². The number of carbonyl (C=O) groups is 4. The van der Waals surface area contributed by atoms with Crippen LogP contribution in [0.3, 0.4) is 0 Å². The first-order valence-electron chi connectivity index (χ1n) is 12.4. The zero-order valence-corrected chi connectivity index (χ0v) is 24.0. The molecule has 0 aromatic carbocycles. The molecule has 0 aromatic rings. The highest BCUT2D eigenvalue weighted by atomic mass is 17.3. The summed E-state index contributed by atoms with van der Waals surface area (Å²) in [5.74, 6) is -1.36. The highest BCUT2D eigenvalue weighted by Gasteiger charge is 2.38. The fourth-order valence-corrected chi connectivity index (χ4v) is 3.69. The topological polar surface area (TPSA) is 124 Å². The Morgan fingerprint density at radius 1 is 0.556 bits per heavy atom. The Labute approximate surface area is 215 Å². The first-order chi connectivity index (χ1) is 16.3. The summed E-state index contributed by atoms with van der Waals surface area (Å²) in [4.78, 5) is 56.8. The van der Waals surface area contributed by atoms with E-state index < -0.39 is 35.3 Å². The molecule has 0 saturated carbocycles. The minimum Gasteiger partial charge on any atom is -0.461 e. The third kappa shape index (κ3) is 11.5. The van der Waals surface area contributed by atoms with Gasteiger partial charge < -0.3 is 18.9 Å². The molecule has 36 heavy (non-hydrogen) atoms. The lowest BCUT2D eigenvalue weighted by atomic mass is 9.81. The molecular formula is C26H46O10. The van der Waals surface area contributed by atoms with Crippen molar-refractivity contribution < 1.29 is 47.9 Å². The first-order valence-corrected chi connectivity index (χ1v) is 12.4. The molecule has 0 amide bonds. The number of hydrogen-bond donors (Lipinski definition) is 0. The summed E-state index contributed by atoms with van der Waals surface area (Å²) in [6.45, 7) is 21.4. The monoisotopic (exact) mass is 518 g/mol. The van der Waals surface area contributed by atoms with Crippen LogP contribution in [0, 0.1) is 34.5 Å². The van der Waals surface area contributed by atoms with Gasteiger partial charge in [0.05, 0.1) is 11.8 Å². The van der Waals surface area contributed by atoms with Gasteiger partial charge in [-0.2, -0.15) is 19.4 Å². The standard InChI is InChI=1S/C26H46O10/c1-15(2)19(33-21(27)17(5)6)25(9,10)13-31-23(29)35-36-24(30)32-14-26(11,12)20(16(3)4)34-22(28)18(7)8/h15-20H,13-14H2,1-12H3. The molecule has 0 aliphatic rings. The van der Waals surface area contributed by atoms with Crippen LogP contribution < -0.4 is 0 Å². The van der Waals surface area contributed by atoms with Gasteiger partial charge in [-0.15, -0.1) is 0 Å². The van der Waals surface area contributed by atoms with Crippen molar-refractivity contribution in [2.24, 2.45) is 34.5 Å². The van der Waals surface area contributed by atoms with Crippen molar-refractivity contribution >= 4 is 24.2 Å². The van der Waals surface area contributed by atoms with E-state index in [9.17, 15) is 19.2 Å². The van der Waals surface area contributed by atoms with Crippen molar-refractivity contribution in [3.63, 3.8) is 0 Å². The minimum absolute atomic E-state index is 0.0358. The molecule has 10 nitrogen and oxygen atoms in total. The summed E-state index contributed by atoms with van der Waals surface area (Å²) in [6, 6.07) is 0. The summed E-state index contributed by atoms with van der Waals surface area (Å²) in [7, 11) is 0. The summed E-state index contributed by atoms with van der Waals surface area (Å²) in [5, 5.41) is 0. The number of hydrogen-bond acceptors (Lipinski definition) is 10. The molecule has 0 aliphatic heterocycles. The van der Waals surface area contributed by atoms with Gasteiger partial charge in [0.2, 0.25) is 0 Å². The molecule has 0 radical (unpaired) electrons. The van der Waals surface area contributed by atoms with E-state index in [4.69, 9.17) is 18.9 Å². The van der Waals surface area contributed by atoms with Crippen molar-refractivity contribution in [2.75, 3.05) is 13.2 Å². The molecule has 2 atom stereocenters. The maximum Gasteiger partial charge on any atom is 0.550 e. The molecular weight excluding hydrogens is 472 g/mol. The number of carbonyl (C=O) groups excluding carboxylic acids is 4. The molecule has 0 aromatic heterocycles. The quantitative estimate of drug-likeness (QED) is 0.137. The van der Waals surface area contributed by atoms with Crippen molar-refractivity contribution in [3.8, 4) is 0 Å². The predicted molar refractivity (Wildman–Crippen MR) is 132 cm³/mol. The molecule has 0 spiro atoms. The van der Waals surface area contributed by atoms with Gasteiger partial charge in [0.15, 0.2) is 0 Å². The third-order valence-corrected chi connectivity index (χ3v) is 5.48. The molecule has 210 valence electrons. The van der Waals surface area contributed by atoms with Crippen molar-refractivity contribution in [1.29, 1.82) is 0 Å². The lowest BCUT2D eigenvalue weighted by Crippen LogP contribution is -2.42. The van der Waals surface area contributed by atoms with E-state index in [0.29, 0.717) is 0 Å². The van der Waals surface area contributed by atoms with E-state index in [-0.39, 0.29) is 48.8 Å². The zero-order valence-electron chi connectivity index (χ0n) is 24.0. The molecule has 0 saturated heterocycles. The first kappa shape index (κ1) is 33.5. The van der Waals surface area contributed by atoms with E-state index in [2.05, 4.69) is 9.78 Å². The van der Waals surface area contributed by atoms with Crippen LogP contribution in [0.15, 0.2) is 0 Å². The second-order valence-corrected chi connectivity index (χ2v) is 11.7. The molecule has 2 unspecified atom stereocenters. The minimum atomic E-state index is -1.25. The summed E-state index contributed by atoms with van der Waals surface area (Å²) >= 11 is 0. The Kier molecular flexibility index (Phi) is 13.3. The largest absolute Gasteiger partial charge is 0.550 e. The van der Waals surface area contributed by atoms with Crippen LogP contribution in [0.4, 0.5) is 9.59 Å². The van der Waals surface area contributed by atoms with E-state index in [1.165, 1.54) is 0 Å². The smallest absolute Gasteiger partial charge is 0.461 e. The maximum absolute atomic E-state index is 12.1. The van der Waals surface area contributed by atoms with Gasteiger partial charge in [-0.25, -0.2) is 0 Å². The van der Waals surface area contributed by atoms with Gasteiger partial charge in [-0.05, 0) is 11.8 Å². The van der Waals surface area contributed by atoms with Crippen LogP contribution in [0.25, 0.3) is 0 Å². The molecule has 0 fully saturated rings. The van der Waals surface area contributed by atoms with E-state index >= 15 is 0 Å². The summed E-state index contributed by atoms with van der Waals surface area (Å²) < 4.78 is 21.3. The van der Waals surface area contributed by atoms with Gasteiger partial charge in [-0.3, -0.25) is 9.59 Å². The lowest BCUT2D eigenvalue weighted by Gasteiger charge is -2.36. The average Bonchev–Trinajstić information content (AvgIpc) is 2.75. The fourth-order valence-electron chi connectivity index (χ4n) is 3.69. The van der Waals surface area contributed by atoms with Crippen LogP contribution in [0.5, 0.6) is 0 Å². The molecule has 0 heterocycles. The van der Waals surface area contributed by atoms with Gasteiger partial charge in [0, 0.05) is 10.8 Å². The SMILES string of the molecule is CC(C)C(=O)OC(C(C)C)C(C)(C)COC(=O)OOC(=O)OCC(C)(C)C(OC(=O)C(C)C)C(C)C. The van der Waals surface area contributed by atoms with Crippen molar-refractivity contribution in [3.05, 3.63) is 0 Å². The van der Waals surface area contributed by atoms with E-state index in [1.54, 1.807) is 55.4 Å². The highest BCUT2D eigenvalue weighted by molar-refractivity contribution is 5.72. The number of esters is 2. The van der Waals surface area contributed by atoms with E-state index in [0.717, 1.165) is 0 Å². The van der Waals surface area contributed by atoms with Gasteiger partial charge in [-0.1, -0.05) is 83.1 Å². The van der Waals surface area contributed by atoms with Crippen LogP contribution >= 0.6 is 0 Å². The summed E-state index contributed by atoms with van der Waals surface area (Å²) in [5.41, 5.74) is -1.47. The van der Waals surface area contributed by atoms with Gasteiger partial charge in [0.25, 0.3) is 0 Å². The Balaban J connectivity index is 4.80. The fraction of sp³-hybridized carbons (Fsp3) is 0.846. The number of rotatable bonds is 12. The Bertz CT molecular complexity index is 675. The molecule has 0 aliphatic carbocycles. The van der Waals surface area contributed by atoms with Crippen LogP contribution in [-0.2, 0) is 38.3 Å². The predicted octanol–water partition coefficient (Wildman–Crippen LogP) is 5.71. The van der Waals surface area contributed by atoms with Gasteiger partial charge in [0.1, 0.15) is 25.4 Å². The van der Waals surface area contributed by atoms with Crippen LogP contribution in [-0.4, -0.2) is 49.7 Å². The second kappa shape index (κ2) is 14.3. The third-order valence-electron chi connectivity index (χ3n) is 5.48. The highest BCUT2D eigenvalue weighted by Crippen LogP contribution is 2.31. The molecule has 10 heteroatoms. The van der Waals surface area contributed by atoms with Gasteiger partial charge >= 0.3 is 24.2 Å². The summed E-state index contributed by atoms with van der Waals surface area (Å²) in [6.07, 6.45) is -3.54. The second-order valence-electron chi connectivity index (χ2n) is 11.7. The lowest BCUT2D eigenvalue weighted by molar-refractivity contribution is -0.224. The van der Waals surface area contributed by atoms with Crippen LogP contribution in [0.2, 0.25) is 0 Å². The number of ether oxygens (including phenoxy) is 4. The van der Waals surface area contributed by atoms with Crippen LogP contribution in [0.1, 0.15) is 83.1 Å². The average molecular weight is 519 g/mol. The maximum atomic E-state index is 12.1. The molecule has 0 N–H and O–H groups in total. The normalized spacial score (nSPS) is 13.9. The molecule has 0 bridgehead atoms. The zero-order chi connectivity index (χ0) is 28.4. The van der Waals surface area contributed by atoms with Crippen molar-refractivity contribution in [2.45, 2.75) is 95.3 Å². The molecule has 0 rings (SSSR count). The Morgan fingerprint density at radius 2 is 0.833 bits per heavy atom. The van der Waals surface area contributed by atoms with E-state index in [1.807, 2.05) is 27.7 Å². The Hall–Kier alpha value is -2.52.